The Balaban J connectivity index is 1.96. The van der Waals surface area contributed by atoms with E-state index in [9.17, 15) is 10.1 Å². The van der Waals surface area contributed by atoms with Gasteiger partial charge in [-0.25, -0.2) is 0 Å². The second kappa shape index (κ2) is 5.06. The summed E-state index contributed by atoms with van der Waals surface area (Å²) in [6.45, 7) is 1.85. The maximum atomic E-state index is 12.2. The molecule has 1 saturated carbocycles. The lowest BCUT2D eigenvalue weighted by Gasteiger charge is -2.27. The first-order valence-electron chi connectivity index (χ1n) is 6.41. The van der Waals surface area contributed by atoms with Crippen molar-refractivity contribution in [3.63, 3.8) is 0 Å². The summed E-state index contributed by atoms with van der Waals surface area (Å²) >= 11 is 3.33. The van der Waals surface area contributed by atoms with Crippen LogP contribution in [-0.2, 0) is 0 Å². The molecule has 1 saturated heterocycles. The average molecular weight is 293 g/mol. The fourth-order valence-electron chi connectivity index (χ4n) is 2.24. The van der Waals surface area contributed by atoms with Crippen LogP contribution in [0.2, 0.25) is 0 Å². The topological polar surface area (TPSA) is 70.1 Å². The van der Waals surface area contributed by atoms with Crippen LogP contribution in [0.1, 0.15) is 28.1 Å². The van der Waals surface area contributed by atoms with Crippen molar-refractivity contribution in [2.24, 2.45) is 5.92 Å². The third kappa shape index (κ3) is 2.33. The van der Waals surface area contributed by atoms with Crippen LogP contribution in [-0.4, -0.2) is 30.4 Å². The smallest absolute Gasteiger partial charge is 0.178 e. The molecule has 0 amide bonds. The van der Waals surface area contributed by atoms with E-state index >= 15 is 0 Å². The molecule has 4 nitrogen and oxygen atoms in total. The van der Waals surface area contributed by atoms with Gasteiger partial charge in [-0.3, -0.25) is 4.79 Å². The molecule has 19 heavy (non-hydrogen) atoms. The highest BCUT2D eigenvalue weighted by Crippen LogP contribution is 2.43. The van der Waals surface area contributed by atoms with Crippen molar-refractivity contribution >= 4 is 39.6 Å². The molecule has 1 aromatic rings. The molecule has 1 aromatic heterocycles. The second-order valence-electron chi connectivity index (χ2n) is 4.87. The van der Waals surface area contributed by atoms with Crippen LogP contribution in [0.15, 0.2) is 0 Å². The molecule has 6 heteroatoms. The van der Waals surface area contributed by atoms with Gasteiger partial charge in [0.25, 0.3) is 0 Å². The zero-order valence-electron chi connectivity index (χ0n) is 10.5. The highest BCUT2D eigenvalue weighted by atomic mass is 32.2. The molecule has 0 spiro atoms. The molecular formula is C13H15N3OS2. The Kier molecular flexibility index (Phi) is 3.42. The number of nitrogens with two attached hydrogens (primary N) is 1. The van der Waals surface area contributed by atoms with Gasteiger partial charge in [0.15, 0.2) is 5.78 Å². The first-order chi connectivity index (χ1) is 9.22. The lowest BCUT2D eigenvalue weighted by molar-refractivity contribution is 0.0972. The summed E-state index contributed by atoms with van der Waals surface area (Å²) in [5.74, 6) is 2.41. The predicted octanol–water partition coefficient (Wildman–Crippen LogP) is 2.35. The molecule has 0 bridgehead atoms. The lowest BCUT2D eigenvalue weighted by atomic mass is 10.1. The van der Waals surface area contributed by atoms with Crippen molar-refractivity contribution < 1.29 is 4.79 Å². The minimum atomic E-state index is 0.136. The number of nitriles is 1. The quantitative estimate of drug-likeness (QED) is 0.866. The third-order valence-corrected chi connectivity index (χ3v) is 5.73. The van der Waals surface area contributed by atoms with Gasteiger partial charge in [0.1, 0.15) is 16.6 Å². The van der Waals surface area contributed by atoms with Crippen molar-refractivity contribution in [2.45, 2.75) is 12.8 Å². The van der Waals surface area contributed by atoms with E-state index in [-0.39, 0.29) is 11.7 Å². The number of carbonyl (C=O) groups is 1. The molecule has 0 radical (unpaired) electrons. The molecule has 2 N–H and O–H groups in total. The van der Waals surface area contributed by atoms with E-state index < -0.39 is 0 Å². The minimum Gasteiger partial charge on any atom is -0.396 e. The van der Waals surface area contributed by atoms with Crippen LogP contribution in [0, 0.1) is 17.2 Å². The number of thiophene rings is 1. The molecule has 0 aromatic carbocycles. The molecule has 1 aliphatic heterocycles. The molecule has 0 unspecified atom stereocenters. The van der Waals surface area contributed by atoms with Crippen LogP contribution in [0.5, 0.6) is 0 Å². The van der Waals surface area contributed by atoms with Crippen molar-refractivity contribution in [2.75, 3.05) is 35.2 Å². The molecule has 1 aliphatic carbocycles. The number of nitrogen functional groups attached to an aromatic ring is 1. The Morgan fingerprint density at radius 1 is 1.37 bits per heavy atom. The highest BCUT2D eigenvalue weighted by molar-refractivity contribution is 7.99. The maximum Gasteiger partial charge on any atom is 0.178 e. The zero-order chi connectivity index (χ0) is 13.4. The van der Waals surface area contributed by atoms with E-state index in [2.05, 4.69) is 11.0 Å². The van der Waals surface area contributed by atoms with Crippen molar-refractivity contribution in [1.29, 1.82) is 5.26 Å². The Hall–Kier alpha value is -1.19. The number of ketones is 1. The van der Waals surface area contributed by atoms with E-state index in [1.54, 1.807) is 0 Å². The van der Waals surface area contributed by atoms with Gasteiger partial charge in [0, 0.05) is 30.5 Å². The van der Waals surface area contributed by atoms with E-state index in [0.29, 0.717) is 16.1 Å². The fourth-order valence-corrected chi connectivity index (χ4v) is 4.39. The molecule has 2 heterocycles. The monoisotopic (exact) mass is 293 g/mol. The van der Waals surface area contributed by atoms with E-state index in [1.165, 1.54) is 11.3 Å². The average Bonchev–Trinajstić information content (AvgIpc) is 3.23. The van der Waals surface area contributed by atoms with Gasteiger partial charge >= 0.3 is 0 Å². The number of hydrogen-bond acceptors (Lipinski definition) is 6. The van der Waals surface area contributed by atoms with Crippen LogP contribution < -0.4 is 10.6 Å². The first kappa shape index (κ1) is 12.8. The van der Waals surface area contributed by atoms with Gasteiger partial charge in [-0.15, -0.1) is 11.3 Å². The summed E-state index contributed by atoms with van der Waals surface area (Å²) in [5, 5.41) is 10.2. The van der Waals surface area contributed by atoms with Crippen molar-refractivity contribution in [1.82, 2.24) is 0 Å². The predicted molar refractivity (Wildman–Crippen MR) is 80.0 cm³/mol. The zero-order valence-corrected chi connectivity index (χ0v) is 12.1. The Morgan fingerprint density at radius 2 is 2.05 bits per heavy atom. The molecule has 2 aliphatic rings. The molecule has 0 atom stereocenters. The maximum absolute atomic E-state index is 12.2. The van der Waals surface area contributed by atoms with Gasteiger partial charge in [0.2, 0.25) is 0 Å². The summed E-state index contributed by atoms with van der Waals surface area (Å²) in [4.78, 5) is 15.0. The van der Waals surface area contributed by atoms with Crippen molar-refractivity contribution in [3.05, 3.63) is 10.4 Å². The summed E-state index contributed by atoms with van der Waals surface area (Å²) < 4.78 is 0. The van der Waals surface area contributed by atoms with Crippen molar-refractivity contribution in [3.8, 4) is 6.07 Å². The number of nitrogens with zero attached hydrogens (tertiary/aromatic N) is 2. The van der Waals surface area contributed by atoms with Crippen LogP contribution in [0.3, 0.4) is 0 Å². The first-order valence-corrected chi connectivity index (χ1v) is 8.38. The Bertz CT molecular complexity index is 551. The standard InChI is InChI=1S/C13H15N3OS2/c14-7-9-10(15)12(11(17)8-1-2-8)19-13(9)16-3-5-18-6-4-16/h8H,1-6,15H2. The SMILES string of the molecule is N#Cc1c(N2CCSCC2)sc(C(=O)C2CC2)c1N. The van der Waals surface area contributed by atoms with E-state index in [0.717, 1.165) is 42.4 Å². The summed E-state index contributed by atoms with van der Waals surface area (Å²) in [6.07, 6.45) is 1.93. The number of rotatable bonds is 3. The fraction of sp³-hybridized carbons (Fsp3) is 0.538. The Labute approximate surface area is 120 Å². The molecule has 2 fully saturated rings. The number of anilines is 2. The van der Waals surface area contributed by atoms with Gasteiger partial charge < -0.3 is 10.6 Å². The van der Waals surface area contributed by atoms with Gasteiger partial charge in [-0.1, -0.05) is 0 Å². The van der Waals surface area contributed by atoms with Gasteiger partial charge in [-0.2, -0.15) is 17.0 Å². The normalized spacial score (nSPS) is 19.2. The molecule has 3 rings (SSSR count). The molecular weight excluding hydrogens is 278 g/mol. The van der Waals surface area contributed by atoms with E-state index in [1.807, 2.05) is 11.8 Å². The summed E-state index contributed by atoms with van der Waals surface area (Å²) in [5.41, 5.74) is 6.92. The van der Waals surface area contributed by atoms with Crippen LogP contribution in [0.4, 0.5) is 10.7 Å². The minimum absolute atomic E-state index is 0.136. The highest BCUT2D eigenvalue weighted by Gasteiger charge is 2.34. The van der Waals surface area contributed by atoms with Gasteiger partial charge in [-0.05, 0) is 12.8 Å². The summed E-state index contributed by atoms with van der Waals surface area (Å²) in [6, 6.07) is 2.18. The number of carbonyl (C=O) groups excluding carboxylic acids is 1. The van der Waals surface area contributed by atoms with Crippen LogP contribution in [0.25, 0.3) is 0 Å². The third-order valence-electron chi connectivity index (χ3n) is 3.51. The van der Waals surface area contributed by atoms with Gasteiger partial charge in [0.05, 0.1) is 10.6 Å². The number of Topliss-reactive ketones (excluding diaryl/α,β-unsaturated/α-hetero) is 1. The molecule has 100 valence electrons. The van der Waals surface area contributed by atoms with E-state index in [4.69, 9.17) is 5.73 Å². The second-order valence-corrected chi connectivity index (χ2v) is 7.10. The number of thioether (sulfide) groups is 1. The lowest BCUT2D eigenvalue weighted by Crippen LogP contribution is -2.32. The Morgan fingerprint density at radius 3 is 2.63 bits per heavy atom. The number of hydrogen-bond donors (Lipinski definition) is 1. The van der Waals surface area contributed by atoms with Crippen LogP contribution >= 0.6 is 23.1 Å². The summed E-state index contributed by atoms with van der Waals surface area (Å²) in [7, 11) is 0. The largest absolute Gasteiger partial charge is 0.396 e.